The Labute approximate surface area is 235 Å². The van der Waals surface area contributed by atoms with Crippen molar-refractivity contribution < 1.29 is 22.7 Å². The van der Waals surface area contributed by atoms with Crippen molar-refractivity contribution >= 4 is 39.1 Å². The Morgan fingerprint density at radius 2 is 1.51 bits per heavy atom. The van der Waals surface area contributed by atoms with Gasteiger partial charge >= 0.3 is 0 Å². The number of sulfonamides is 1. The van der Waals surface area contributed by atoms with E-state index >= 15 is 0 Å². The summed E-state index contributed by atoms with van der Waals surface area (Å²) in [6, 6.07) is 21.6. The third-order valence-corrected chi connectivity index (χ3v) is 7.61. The summed E-state index contributed by atoms with van der Waals surface area (Å²) in [5.74, 6) is 0.319. The smallest absolute Gasteiger partial charge is 0.244 e. The van der Waals surface area contributed by atoms with E-state index in [2.05, 4.69) is 5.32 Å². The molecule has 0 spiro atoms. The van der Waals surface area contributed by atoms with Crippen LogP contribution >= 0.6 is 11.6 Å². The van der Waals surface area contributed by atoms with Gasteiger partial charge in [-0.25, -0.2) is 8.42 Å². The molecule has 0 bridgehead atoms. The first-order valence-electron chi connectivity index (χ1n) is 12.6. The van der Waals surface area contributed by atoms with Gasteiger partial charge in [0.2, 0.25) is 21.8 Å². The van der Waals surface area contributed by atoms with Gasteiger partial charge in [-0.05, 0) is 74.4 Å². The van der Waals surface area contributed by atoms with Crippen LogP contribution in [0.3, 0.4) is 0 Å². The van der Waals surface area contributed by atoms with Crippen LogP contribution < -0.4 is 14.4 Å². The number of hydrogen-bond donors (Lipinski definition) is 1. The monoisotopic (exact) mass is 571 g/mol. The maximum atomic E-state index is 13.6. The molecule has 8 nitrogen and oxygen atoms in total. The van der Waals surface area contributed by atoms with E-state index in [0.717, 1.165) is 22.5 Å². The van der Waals surface area contributed by atoms with Gasteiger partial charge in [-0.15, -0.1) is 0 Å². The van der Waals surface area contributed by atoms with E-state index in [1.807, 2.05) is 44.2 Å². The van der Waals surface area contributed by atoms with Crippen LogP contribution in [0, 0.1) is 0 Å². The van der Waals surface area contributed by atoms with E-state index in [9.17, 15) is 18.0 Å². The summed E-state index contributed by atoms with van der Waals surface area (Å²) in [6.45, 7) is 5.09. The molecule has 0 aromatic heterocycles. The summed E-state index contributed by atoms with van der Waals surface area (Å²) in [5, 5.41) is 3.44. The molecule has 10 heteroatoms. The van der Waals surface area contributed by atoms with Gasteiger partial charge in [0, 0.05) is 17.6 Å². The maximum Gasteiger partial charge on any atom is 0.244 e. The Morgan fingerprint density at radius 3 is 2.08 bits per heavy atom. The molecule has 0 aliphatic rings. The van der Waals surface area contributed by atoms with Crippen molar-refractivity contribution in [1.29, 1.82) is 0 Å². The molecule has 3 rings (SSSR count). The molecule has 0 aliphatic heterocycles. The number of anilines is 1. The van der Waals surface area contributed by atoms with Crippen LogP contribution in [0.5, 0.6) is 11.5 Å². The fourth-order valence-electron chi connectivity index (χ4n) is 3.75. The maximum absolute atomic E-state index is 13.6. The van der Waals surface area contributed by atoms with Crippen molar-refractivity contribution in [2.45, 2.75) is 45.8 Å². The molecule has 3 aromatic rings. The lowest BCUT2D eigenvalue weighted by molar-refractivity contribution is -0.139. The summed E-state index contributed by atoms with van der Waals surface area (Å²) in [5.41, 5.74) is 1.05. The number of para-hydroxylation sites is 1. The lowest BCUT2D eigenvalue weighted by Gasteiger charge is -2.32. The average Bonchev–Trinajstić information content (AvgIpc) is 2.91. The van der Waals surface area contributed by atoms with Gasteiger partial charge in [0.05, 0.1) is 11.9 Å². The van der Waals surface area contributed by atoms with Crippen molar-refractivity contribution in [3.63, 3.8) is 0 Å². The molecule has 0 unspecified atom stereocenters. The molecular weight excluding hydrogens is 538 g/mol. The fourth-order valence-corrected chi connectivity index (χ4v) is 4.73. The van der Waals surface area contributed by atoms with Crippen LogP contribution in [-0.2, 0) is 26.2 Å². The summed E-state index contributed by atoms with van der Waals surface area (Å²) < 4.78 is 32.4. The Bertz CT molecular complexity index is 1350. The van der Waals surface area contributed by atoms with Gasteiger partial charge < -0.3 is 15.0 Å². The number of hydrogen-bond acceptors (Lipinski definition) is 5. The minimum absolute atomic E-state index is 0.0726. The lowest BCUT2D eigenvalue weighted by Crippen LogP contribution is -2.52. The highest BCUT2D eigenvalue weighted by atomic mass is 35.5. The van der Waals surface area contributed by atoms with E-state index in [1.165, 1.54) is 4.90 Å². The molecule has 39 heavy (non-hydrogen) atoms. The van der Waals surface area contributed by atoms with Gasteiger partial charge in [0.25, 0.3) is 0 Å². The molecule has 1 N–H and O–H groups in total. The number of ether oxygens (including phenoxy) is 1. The third kappa shape index (κ3) is 8.73. The number of nitrogens with one attached hydrogen (secondary N) is 1. The minimum Gasteiger partial charge on any atom is -0.457 e. The lowest BCUT2D eigenvalue weighted by atomic mass is 10.1. The van der Waals surface area contributed by atoms with E-state index in [0.29, 0.717) is 22.2 Å². The van der Waals surface area contributed by atoms with E-state index in [-0.39, 0.29) is 18.5 Å². The standard InChI is InChI=1S/C29H34ClN3O5S/c1-5-21(2)31-29(35)22(3)32(19-23-11-13-24(30)14-12-23)28(34)20-33(39(4,36)37)25-15-17-27(18-16-25)38-26-9-7-6-8-10-26/h6-18,21-22H,5,19-20H2,1-4H3,(H,31,35)/t21-,22-/m0/s1. The van der Waals surface area contributed by atoms with Crippen molar-refractivity contribution in [2.75, 3.05) is 17.1 Å². The summed E-state index contributed by atoms with van der Waals surface area (Å²) >= 11 is 6.01. The Hall–Kier alpha value is -3.56. The molecule has 0 saturated heterocycles. The number of carbonyl (C=O) groups excluding carboxylic acids is 2. The normalized spacial score (nSPS) is 12.7. The van der Waals surface area contributed by atoms with Crippen LogP contribution in [0.4, 0.5) is 5.69 Å². The highest BCUT2D eigenvalue weighted by Crippen LogP contribution is 2.26. The van der Waals surface area contributed by atoms with E-state index < -0.39 is 28.5 Å². The molecule has 3 aromatic carbocycles. The second-order valence-electron chi connectivity index (χ2n) is 9.32. The topological polar surface area (TPSA) is 96.0 Å². The van der Waals surface area contributed by atoms with E-state index in [4.69, 9.17) is 16.3 Å². The third-order valence-electron chi connectivity index (χ3n) is 6.22. The molecule has 2 atom stereocenters. The average molecular weight is 572 g/mol. The first kappa shape index (κ1) is 30.0. The summed E-state index contributed by atoms with van der Waals surface area (Å²) in [6.07, 6.45) is 1.77. The van der Waals surface area contributed by atoms with Gasteiger partial charge in [-0.3, -0.25) is 13.9 Å². The zero-order valence-corrected chi connectivity index (χ0v) is 24.1. The Kier molecular flexibility index (Phi) is 10.4. The van der Waals surface area contributed by atoms with Gasteiger partial charge in [-0.1, -0.05) is 48.9 Å². The van der Waals surface area contributed by atoms with Gasteiger partial charge in [0.1, 0.15) is 24.1 Å². The molecule has 0 heterocycles. The van der Waals surface area contributed by atoms with Crippen LogP contribution in [0.2, 0.25) is 5.02 Å². The Morgan fingerprint density at radius 1 is 0.923 bits per heavy atom. The number of benzene rings is 3. The first-order chi connectivity index (χ1) is 18.5. The number of amides is 2. The van der Waals surface area contributed by atoms with Crippen LogP contribution in [0.25, 0.3) is 0 Å². The fraction of sp³-hybridized carbons (Fsp3) is 0.310. The SMILES string of the molecule is CC[C@H](C)NC(=O)[C@H](C)N(Cc1ccc(Cl)cc1)C(=O)CN(c1ccc(Oc2ccccc2)cc1)S(C)(=O)=O. The van der Waals surface area contributed by atoms with Crippen molar-refractivity contribution in [3.8, 4) is 11.5 Å². The predicted octanol–water partition coefficient (Wildman–Crippen LogP) is 5.23. The molecule has 0 radical (unpaired) electrons. The van der Waals surface area contributed by atoms with Crippen LogP contribution in [0.15, 0.2) is 78.9 Å². The first-order valence-corrected chi connectivity index (χ1v) is 14.9. The molecule has 208 valence electrons. The van der Waals surface area contributed by atoms with Crippen molar-refractivity contribution in [2.24, 2.45) is 0 Å². The van der Waals surface area contributed by atoms with Crippen molar-refractivity contribution in [3.05, 3.63) is 89.4 Å². The van der Waals surface area contributed by atoms with Gasteiger partial charge in [0.15, 0.2) is 0 Å². The highest BCUT2D eigenvalue weighted by molar-refractivity contribution is 7.92. The number of halogens is 1. The van der Waals surface area contributed by atoms with Gasteiger partial charge in [-0.2, -0.15) is 0 Å². The van der Waals surface area contributed by atoms with Crippen molar-refractivity contribution in [1.82, 2.24) is 10.2 Å². The zero-order chi connectivity index (χ0) is 28.6. The second-order valence-corrected chi connectivity index (χ2v) is 11.7. The highest BCUT2D eigenvalue weighted by Gasteiger charge is 2.30. The zero-order valence-electron chi connectivity index (χ0n) is 22.5. The Balaban J connectivity index is 1.85. The molecular formula is C29H34ClN3O5S. The quantitative estimate of drug-likeness (QED) is 0.321. The minimum atomic E-state index is -3.84. The number of rotatable bonds is 12. The van der Waals surface area contributed by atoms with Crippen LogP contribution in [0.1, 0.15) is 32.8 Å². The van der Waals surface area contributed by atoms with Crippen LogP contribution in [-0.4, -0.2) is 50.0 Å². The largest absolute Gasteiger partial charge is 0.457 e. The summed E-state index contributed by atoms with van der Waals surface area (Å²) in [4.78, 5) is 28.0. The predicted molar refractivity (Wildman–Crippen MR) is 155 cm³/mol. The summed E-state index contributed by atoms with van der Waals surface area (Å²) in [7, 11) is -3.84. The molecule has 0 fully saturated rings. The molecule has 2 amide bonds. The number of carbonyl (C=O) groups is 2. The molecule has 0 aliphatic carbocycles. The second kappa shape index (κ2) is 13.5. The molecule has 0 saturated carbocycles. The van der Waals surface area contributed by atoms with E-state index in [1.54, 1.807) is 55.5 Å². The number of nitrogens with zero attached hydrogens (tertiary/aromatic N) is 2.